The number of anilines is 1. The Labute approximate surface area is 199 Å². The van der Waals surface area contributed by atoms with Crippen LogP contribution >= 0.6 is 23.4 Å². The van der Waals surface area contributed by atoms with E-state index in [4.69, 9.17) is 16.3 Å². The SMILES string of the molecule is CC(C)(C)OC(=O)N1C[C@@H](N2CCN(c3ccc(Cl)cn3)CC2)C[C@H]1C(=O)N1CCSC1. The molecule has 0 spiro atoms. The maximum atomic E-state index is 13.2. The van der Waals surface area contributed by atoms with Crippen molar-refractivity contribution in [3.63, 3.8) is 0 Å². The van der Waals surface area contributed by atoms with Gasteiger partial charge in [-0.1, -0.05) is 11.6 Å². The molecule has 2 atom stereocenters. The van der Waals surface area contributed by atoms with Gasteiger partial charge < -0.3 is 14.5 Å². The molecule has 3 aliphatic rings. The van der Waals surface area contributed by atoms with Gasteiger partial charge in [0.15, 0.2) is 0 Å². The molecule has 0 N–H and O–H groups in total. The summed E-state index contributed by atoms with van der Waals surface area (Å²) >= 11 is 7.72. The van der Waals surface area contributed by atoms with Gasteiger partial charge in [0.05, 0.1) is 10.9 Å². The van der Waals surface area contributed by atoms with E-state index in [1.807, 2.05) is 37.8 Å². The molecule has 0 bridgehead atoms. The summed E-state index contributed by atoms with van der Waals surface area (Å²) in [5.41, 5.74) is -0.594. The number of aromatic nitrogens is 1. The molecule has 8 nitrogen and oxygen atoms in total. The summed E-state index contributed by atoms with van der Waals surface area (Å²) in [6.45, 7) is 10.3. The van der Waals surface area contributed by atoms with Gasteiger partial charge >= 0.3 is 6.09 Å². The first-order valence-electron chi connectivity index (χ1n) is 11.2. The van der Waals surface area contributed by atoms with Crippen LogP contribution < -0.4 is 4.90 Å². The monoisotopic (exact) mass is 481 g/mol. The van der Waals surface area contributed by atoms with Crippen molar-refractivity contribution in [2.75, 3.05) is 55.8 Å². The van der Waals surface area contributed by atoms with Gasteiger partial charge in [0.1, 0.15) is 17.5 Å². The Kier molecular flexibility index (Phi) is 7.07. The van der Waals surface area contributed by atoms with Crippen LogP contribution in [0.15, 0.2) is 18.3 Å². The summed E-state index contributed by atoms with van der Waals surface area (Å²) in [4.78, 5) is 38.8. The minimum atomic E-state index is -0.594. The second kappa shape index (κ2) is 9.65. The van der Waals surface area contributed by atoms with Crippen LogP contribution in [0.4, 0.5) is 10.6 Å². The van der Waals surface area contributed by atoms with Gasteiger partial charge in [-0.05, 0) is 39.3 Å². The van der Waals surface area contributed by atoms with Gasteiger partial charge in [0.25, 0.3) is 0 Å². The minimum absolute atomic E-state index is 0.0485. The van der Waals surface area contributed by atoms with Crippen molar-refractivity contribution in [3.05, 3.63) is 23.4 Å². The zero-order valence-electron chi connectivity index (χ0n) is 19.0. The Bertz CT molecular complexity index is 820. The Balaban J connectivity index is 1.42. The molecule has 32 heavy (non-hydrogen) atoms. The number of ether oxygens (including phenoxy) is 1. The third-order valence-corrected chi connectivity index (χ3v) is 7.31. The number of carbonyl (C=O) groups is 2. The van der Waals surface area contributed by atoms with Crippen molar-refractivity contribution >= 4 is 41.2 Å². The topological polar surface area (TPSA) is 69.2 Å². The molecule has 1 aromatic rings. The average Bonchev–Trinajstić information content (AvgIpc) is 3.43. The smallest absolute Gasteiger partial charge is 0.411 e. The Morgan fingerprint density at radius 2 is 1.91 bits per heavy atom. The second-order valence-corrected chi connectivity index (χ2v) is 11.0. The lowest BCUT2D eigenvalue weighted by Crippen LogP contribution is -2.51. The number of piperazine rings is 1. The minimum Gasteiger partial charge on any atom is -0.444 e. The van der Waals surface area contributed by atoms with Crippen LogP contribution in [0.3, 0.4) is 0 Å². The molecular formula is C22H32ClN5O3S. The molecule has 0 aromatic carbocycles. The molecule has 3 aliphatic heterocycles. The van der Waals surface area contributed by atoms with E-state index < -0.39 is 17.7 Å². The van der Waals surface area contributed by atoms with Crippen molar-refractivity contribution in [1.29, 1.82) is 0 Å². The van der Waals surface area contributed by atoms with E-state index in [2.05, 4.69) is 14.8 Å². The highest BCUT2D eigenvalue weighted by molar-refractivity contribution is 7.99. The molecular weight excluding hydrogens is 450 g/mol. The fourth-order valence-electron chi connectivity index (χ4n) is 4.50. The van der Waals surface area contributed by atoms with E-state index in [9.17, 15) is 9.59 Å². The van der Waals surface area contributed by atoms with E-state index in [1.165, 1.54) is 0 Å². The predicted molar refractivity (Wildman–Crippen MR) is 127 cm³/mol. The molecule has 0 unspecified atom stereocenters. The lowest BCUT2D eigenvalue weighted by atomic mass is 10.1. The number of nitrogens with zero attached hydrogens (tertiary/aromatic N) is 5. The summed E-state index contributed by atoms with van der Waals surface area (Å²) in [6.07, 6.45) is 1.93. The van der Waals surface area contributed by atoms with Crippen LogP contribution in [-0.2, 0) is 9.53 Å². The lowest BCUT2D eigenvalue weighted by molar-refractivity contribution is -0.134. The fraction of sp³-hybridized carbons (Fsp3) is 0.682. The number of hydrogen-bond donors (Lipinski definition) is 0. The van der Waals surface area contributed by atoms with Crippen molar-refractivity contribution in [2.24, 2.45) is 0 Å². The summed E-state index contributed by atoms with van der Waals surface area (Å²) in [5.74, 6) is 2.63. The molecule has 10 heteroatoms. The van der Waals surface area contributed by atoms with Crippen molar-refractivity contribution < 1.29 is 14.3 Å². The van der Waals surface area contributed by atoms with E-state index in [-0.39, 0.29) is 11.9 Å². The van der Waals surface area contributed by atoms with Gasteiger partial charge in [-0.15, -0.1) is 11.8 Å². The number of likely N-dealkylation sites (tertiary alicyclic amines) is 1. The largest absolute Gasteiger partial charge is 0.444 e. The molecule has 4 rings (SSSR count). The third-order valence-electron chi connectivity index (χ3n) is 6.12. The highest BCUT2D eigenvalue weighted by atomic mass is 35.5. The fourth-order valence-corrected chi connectivity index (χ4v) is 5.57. The highest BCUT2D eigenvalue weighted by Crippen LogP contribution is 2.29. The molecule has 3 saturated heterocycles. The average molecular weight is 482 g/mol. The summed E-state index contributed by atoms with van der Waals surface area (Å²) < 4.78 is 5.65. The molecule has 0 saturated carbocycles. The number of amides is 2. The van der Waals surface area contributed by atoms with E-state index >= 15 is 0 Å². The van der Waals surface area contributed by atoms with Crippen LogP contribution in [0.5, 0.6) is 0 Å². The van der Waals surface area contributed by atoms with Gasteiger partial charge in [-0.3, -0.25) is 14.6 Å². The predicted octanol–water partition coefficient (Wildman–Crippen LogP) is 2.77. The van der Waals surface area contributed by atoms with Crippen LogP contribution in [0.2, 0.25) is 5.02 Å². The Morgan fingerprint density at radius 1 is 1.16 bits per heavy atom. The van der Waals surface area contributed by atoms with E-state index in [1.54, 1.807) is 22.9 Å². The first kappa shape index (κ1) is 23.4. The first-order chi connectivity index (χ1) is 15.2. The van der Waals surface area contributed by atoms with Crippen LogP contribution in [-0.4, -0.2) is 100 Å². The van der Waals surface area contributed by atoms with Crippen LogP contribution in [0.1, 0.15) is 27.2 Å². The van der Waals surface area contributed by atoms with Crippen molar-refractivity contribution in [3.8, 4) is 0 Å². The van der Waals surface area contributed by atoms with Gasteiger partial charge in [-0.25, -0.2) is 9.78 Å². The Hall–Kier alpha value is -1.71. The van der Waals surface area contributed by atoms with Gasteiger partial charge in [0, 0.05) is 57.3 Å². The molecule has 1 aromatic heterocycles. The van der Waals surface area contributed by atoms with Gasteiger partial charge in [-0.2, -0.15) is 0 Å². The molecule has 176 valence electrons. The quantitative estimate of drug-likeness (QED) is 0.657. The standard InChI is InChI=1S/C22H32ClN5O3S/c1-22(2,3)31-21(30)28-14-17(12-18(28)20(29)27-10-11-32-15-27)25-6-8-26(9-7-25)19-5-4-16(23)13-24-19/h4-5,13,17-18H,6-12,14-15H2,1-3H3/t17-,18-/m0/s1. The Morgan fingerprint density at radius 3 is 2.50 bits per heavy atom. The maximum absolute atomic E-state index is 13.2. The first-order valence-corrected chi connectivity index (χ1v) is 12.7. The zero-order valence-corrected chi connectivity index (χ0v) is 20.6. The summed E-state index contributed by atoms with van der Waals surface area (Å²) in [7, 11) is 0. The van der Waals surface area contributed by atoms with Crippen LogP contribution in [0, 0.1) is 0 Å². The number of rotatable bonds is 3. The number of carbonyl (C=O) groups excluding carboxylic acids is 2. The summed E-state index contributed by atoms with van der Waals surface area (Å²) in [6, 6.07) is 3.50. The molecule has 0 radical (unpaired) electrons. The molecule has 0 aliphatic carbocycles. The van der Waals surface area contributed by atoms with Crippen molar-refractivity contribution in [1.82, 2.24) is 19.7 Å². The normalized spacial score (nSPS) is 24.8. The van der Waals surface area contributed by atoms with Crippen molar-refractivity contribution in [2.45, 2.75) is 44.9 Å². The van der Waals surface area contributed by atoms with E-state index in [0.717, 1.165) is 44.3 Å². The maximum Gasteiger partial charge on any atom is 0.411 e. The molecule has 3 fully saturated rings. The highest BCUT2D eigenvalue weighted by Gasteiger charge is 2.45. The number of hydrogen-bond acceptors (Lipinski definition) is 7. The number of pyridine rings is 1. The number of thioether (sulfide) groups is 1. The zero-order chi connectivity index (χ0) is 22.9. The van der Waals surface area contributed by atoms with Crippen LogP contribution in [0.25, 0.3) is 0 Å². The second-order valence-electron chi connectivity index (χ2n) is 9.53. The molecule has 2 amide bonds. The summed E-state index contributed by atoms with van der Waals surface area (Å²) in [5, 5.41) is 0.632. The third kappa shape index (κ3) is 5.43. The van der Waals surface area contributed by atoms with E-state index in [0.29, 0.717) is 23.9 Å². The number of halogens is 1. The molecule has 4 heterocycles. The lowest BCUT2D eigenvalue weighted by Gasteiger charge is -2.38. The van der Waals surface area contributed by atoms with Gasteiger partial charge in [0.2, 0.25) is 5.91 Å².